The summed E-state index contributed by atoms with van der Waals surface area (Å²) < 4.78 is 1.99. The molecule has 0 spiro atoms. The zero-order valence-corrected chi connectivity index (χ0v) is 15.3. The van der Waals surface area contributed by atoms with Gasteiger partial charge in [-0.3, -0.25) is 0 Å². The van der Waals surface area contributed by atoms with Gasteiger partial charge in [0, 0.05) is 36.5 Å². The van der Waals surface area contributed by atoms with Crippen molar-refractivity contribution in [1.29, 1.82) is 0 Å². The molecule has 0 unspecified atom stereocenters. The molecule has 1 N–H and O–H groups in total. The van der Waals surface area contributed by atoms with Crippen molar-refractivity contribution in [2.24, 2.45) is 0 Å². The molecule has 1 fully saturated rings. The molecule has 4 rings (SSSR count). The van der Waals surface area contributed by atoms with Crippen LogP contribution < -0.4 is 5.32 Å². The fraction of sp³-hybridized carbons (Fsp3) is 0.318. The summed E-state index contributed by atoms with van der Waals surface area (Å²) >= 11 is 0. The summed E-state index contributed by atoms with van der Waals surface area (Å²) in [5.41, 5.74) is 4.56. The van der Waals surface area contributed by atoms with Gasteiger partial charge in [-0.2, -0.15) is 5.10 Å². The molecule has 1 atom stereocenters. The van der Waals surface area contributed by atoms with Crippen LogP contribution in [0.5, 0.6) is 0 Å². The number of piperidine rings is 1. The number of hydrogen-bond donors (Lipinski definition) is 1. The molecular formula is C22H26N4. The van der Waals surface area contributed by atoms with Gasteiger partial charge in [0.2, 0.25) is 0 Å². The molecule has 0 aliphatic carbocycles. The lowest BCUT2D eigenvalue weighted by molar-refractivity contribution is 0.226. The summed E-state index contributed by atoms with van der Waals surface area (Å²) in [6, 6.07) is 21.3. The third-order valence-corrected chi connectivity index (χ3v) is 5.06. The Morgan fingerprint density at radius 2 is 1.77 bits per heavy atom. The van der Waals surface area contributed by atoms with Crippen molar-refractivity contribution in [2.75, 3.05) is 20.1 Å². The second kappa shape index (κ2) is 7.85. The monoisotopic (exact) mass is 346 g/mol. The fourth-order valence-corrected chi connectivity index (χ4v) is 3.68. The Kier molecular flexibility index (Phi) is 5.14. The van der Waals surface area contributed by atoms with E-state index in [0.717, 1.165) is 24.5 Å². The summed E-state index contributed by atoms with van der Waals surface area (Å²) in [6.07, 6.45) is 4.68. The Morgan fingerprint density at radius 1 is 1.04 bits per heavy atom. The predicted molar refractivity (Wildman–Crippen MR) is 106 cm³/mol. The molecule has 1 aliphatic rings. The SMILES string of the molecule is CN1CCC[C@H](NCc2cn(-c3ccccc3)nc2-c2ccccc2)C1. The van der Waals surface area contributed by atoms with E-state index in [4.69, 9.17) is 5.10 Å². The number of aromatic nitrogens is 2. The van der Waals surface area contributed by atoms with Crippen LogP contribution in [0, 0.1) is 0 Å². The lowest BCUT2D eigenvalue weighted by Crippen LogP contribution is -2.43. The van der Waals surface area contributed by atoms with Crippen LogP contribution in [0.25, 0.3) is 16.9 Å². The first-order valence-corrected chi connectivity index (χ1v) is 9.41. The highest BCUT2D eigenvalue weighted by molar-refractivity contribution is 5.63. The number of para-hydroxylation sites is 1. The first-order valence-electron chi connectivity index (χ1n) is 9.41. The number of nitrogens with one attached hydrogen (secondary N) is 1. The van der Waals surface area contributed by atoms with Gasteiger partial charge in [0.15, 0.2) is 0 Å². The van der Waals surface area contributed by atoms with E-state index >= 15 is 0 Å². The summed E-state index contributed by atoms with van der Waals surface area (Å²) in [7, 11) is 2.21. The first-order chi connectivity index (χ1) is 12.8. The van der Waals surface area contributed by atoms with Crippen LogP contribution in [-0.4, -0.2) is 40.9 Å². The van der Waals surface area contributed by atoms with Gasteiger partial charge in [-0.1, -0.05) is 48.5 Å². The maximum Gasteiger partial charge on any atom is 0.0972 e. The zero-order valence-electron chi connectivity index (χ0n) is 15.3. The minimum atomic E-state index is 0.553. The molecule has 0 bridgehead atoms. The maximum atomic E-state index is 4.90. The summed E-state index contributed by atoms with van der Waals surface area (Å²) in [5.74, 6) is 0. The van der Waals surface area contributed by atoms with E-state index in [2.05, 4.69) is 72.0 Å². The number of hydrogen-bond acceptors (Lipinski definition) is 3. The van der Waals surface area contributed by atoms with Crippen LogP contribution in [0.4, 0.5) is 0 Å². The number of rotatable bonds is 5. The largest absolute Gasteiger partial charge is 0.309 e. The molecular weight excluding hydrogens is 320 g/mol. The Labute approximate surface area is 155 Å². The second-order valence-electron chi connectivity index (χ2n) is 7.13. The van der Waals surface area contributed by atoms with E-state index in [1.807, 2.05) is 16.8 Å². The van der Waals surface area contributed by atoms with Gasteiger partial charge in [0.05, 0.1) is 11.4 Å². The van der Waals surface area contributed by atoms with E-state index in [-0.39, 0.29) is 0 Å². The third-order valence-electron chi connectivity index (χ3n) is 5.06. The van der Waals surface area contributed by atoms with Crippen LogP contribution in [0.3, 0.4) is 0 Å². The average Bonchev–Trinajstić information content (AvgIpc) is 3.12. The first kappa shape index (κ1) is 17.0. The van der Waals surface area contributed by atoms with Crippen molar-refractivity contribution in [3.63, 3.8) is 0 Å². The van der Waals surface area contributed by atoms with Crippen LogP contribution in [-0.2, 0) is 6.54 Å². The van der Waals surface area contributed by atoms with Crippen LogP contribution >= 0.6 is 0 Å². The molecule has 4 nitrogen and oxygen atoms in total. The highest BCUT2D eigenvalue weighted by atomic mass is 15.3. The fourth-order valence-electron chi connectivity index (χ4n) is 3.68. The molecule has 0 radical (unpaired) electrons. The molecule has 0 saturated carbocycles. The van der Waals surface area contributed by atoms with Crippen molar-refractivity contribution in [1.82, 2.24) is 20.0 Å². The van der Waals surface area contributed by atoms with Gasteiger partial charge in [0.25, 0.3) is 0 Å². The highest BCUT2D eigenvalue weighted by Gasteiger charge is 2.18. The van der Waals surface area contributed by atoms with Gasteiger partial charge in [-0.05, 0) is 38.6 Å². The molecule has 2 heterocycles. The molecule has 0 amide bonds. The van der Waals surface area contributed by atoms with E-state index in [9.17, 15) is 0 Å². The maximum absolute atomic E-state index is 4.90. The minimum absolute atomic E-state index is 0.553. The van der Waals surface area contributed by atoms with Crippen LogP contribution in [0.1, 0.15) is 18.4 Å². The number of likely N-dealkylation sites (tertiary alicyclic amines) is 1. The Hall–Kier alpha value is -2.43. The molecule has 26 heavy (non-hydrogen) atoms. The molecule has 4 heteroatoms. The predicted octanol–water partition coefficient (Wildman–Crippen LogP) is 3.72. The van der Waals surface area contributed by atoms with Gasteiger partial charge in [0.1, 0.15) is 0 Å². The quantitative estimate of drug-likeness (QED) is 0.764. The highest BCUT2D eigenvalue weighted by Crippen LogP contribution is 2.24. The van der Waals surface area contributed by atoms with Crippen molar-refractivity contribution in [2.45, 2.75) is 25.4 Å². The lowest BCUT2D eigenvalue weighted by atomic mass is 10.0. The standard InChI is InChI=1S/C22H26N4/c1-25-14-8-11-20(17-25)23-15-19-16-26(21-12-6-3-7-13-21)24-22(19)18-9-4-2-5-10-18/h2-7,9-10,12-13,16,20,23H,8,11,14-15,17H2,1H3/t20-/m0/s1. The van der Waals surface area contributed by atoms with Gasteiger partial charge in [-0.25, -0.2) is 4.68 Å². The number of benzene rings is 2. The van der Waals surface area contributed by atoms with Gasteiger partial charge < -0.3 is 10.2 Å². The summed E-state index contributed by atoms with van der Waals surface area (Å²) in [6.45, 7) is 3.17. The van der Waals surface area contributed by atoms with Crippen molar-refractivity contribution >= 4 is 0 Å². The van der Waals surface area contributed by atoms with E-state index in [1.54, 1.807) is 0 Å². The second-order valence-corrected chi connectivity index (χ2v) is 7.13. The number of likely N-dealkylation sites (N-methyl/N-ethyl adjacent to an activating group) is 1. The van der Waals surface area contributed by atoms with Gasteiger partial charge >= 0.3 is 0 Å². The van der Waals surface area contributed by atoms with Crippen LogP contribution in [0.15, 0.2) is 66.9 Å². The normalized spacial score (nSPS) is 18.1. The van der Waals surface area contributed by atoms with Gasteiger partial charge in [-0.15, -0.1) is 0 Å². The molecule has 134 valence electrons. The number of nitrogens with zero attached hydrogens (tertiary/aromatic N) is 3. The average molecular weight is 346 g/mol. The lowest BCUT2D eigenvalue weighted by Gasteiger charge is -2.30. The molecule has 2 aromatic carbocycles. The minimum Gasteiger partial charge on any atom is -0.309 e. The third kappa shape index (κ3) is 3.87. The molecule has 1 saturated heterocycles. The van der Waals surface area contributed by atoms with E-state index < -0.39 is 0 Å². The Morgan fingerprint density at radius 3 is 2.50 bits per heavy atom. The molecule has 1 aromatic heterocycles. The zero-order chi connectivity index (χ0) is 17.8. The van der Waals surface area contributed by atoms with E-state index in [1.165, 1.54) is 30.5 Å². The summed E-state index contributed by atoms with van der Waals surface area (Å²) in [4.78, 5) is 2.41. The molecule has 1 aliphatic heterocycles. The van der Waals surface area contributed by atoms with E-state index in [0.29, 0.717) is 6.04 Å². The Bertz CT molecular complexity index is 826. The van der Waals surface area contributed by atoms with Crippen molar-refractivity contribution in [3.05, 3.63) is 72.4 Å². The van der Waals surface area contributed by atoms with Crippen LogP contribution in [0.2, 0.25) is 0 Å². The van der Waals surface area contributed by atoms with Crippen molar-refractivity contribution in [3.8, 4) is 16.9 Å². The molecule has 3 aromatic rings. The van der Waals surface area contributed by atoms with Crippen molar-refractivity contribution < 1.29 is 0 Å². The Balaban J connectivity index is 1.60. The smallest absolute Gasteiger partial charge is 0.0972 e. The topological polar surface area (TPSA) is 33.1 Å². The summed E-state index contributed by atoms with van der Waals surface area (Å²) in [5, 5.41) is 8.64.